The minimum atomic E-state index is 0.930. The molecule has 4 aromatic rings. The van der Waals surface area contributed by atoms with E-state index in [2.05, 4.69) is 85.7 Å². The van der Waals surface area contributed by atoms with E-state index < -0.39 is 0 Å². The standard InChI is InChI=1S/C23H28BrN4/c1-6-10-28(4,5)11-9-27-21-8-7-17(24)14-18(21)22-23(27)26-20-13-16(3)15(2)12-19(20)25-22/h7-8,12-14H,6,9-11H2,1-5H3/q+1. The maximum Gasteiger partial charge on any atom is 0.160 e. The first-order valence-electron chi connectivity index (χ1n) is 9.97. The summed E-state index contributed by atoms with van der Waals surface area (Å²) in [6, 6.07) is 10.8. The highest BCUT2D eigenvalue weighted by molar-refractivity contribution is 9.10. The van der Waals surface area contributed by atoms with E-state index >= 15 is 0 Å². The van der Waals surface area contributed by atoms with E-state index in [1.165, 1.54) is 29.6 Å². The summed E-state index contributed by atoms with van der Waals surface area (Å²) in [4.78, 5) is 10.1. The summed E-state index contributed by atoms with van der Waals surface area (Å²) in [7, 11) is 4.61. The fourth-order valence-electron chi connectivity index (χ4n) is 4.03. The maximum atomic E-state index is 5.07. The first kappa shape index (κ1) is 19.3. The van der Waals surface area contributed by atoms with Gasteiger partial charge in [-0.2, -0.15) is 0 Å². The molecule has 0 unspecified atom stereocenters. The summed E-state index contributed by atoms with van der Waals surface area (Å²) in [5, 5.41) is 1.16. The average Bonchev–Trinajstić information content (AvgIpc) is 2.91. The molecule has 146 valence electrons. The number of nitrogens with zero attached hydrogens (tertiary/aromatic N) is 4. The Balaban J connectivity index is 1.95. The van der Waals surface area contributed by atoms with Gasteiger partial charge in [0.15, 0.2) is 5.65 Å². The van der Waals surface area contributed by atoms with Crippen LogP contribution >= 0.6 is 15.9 Å². The molecule has 0 amide bonds. The first-order valence-corrected chi connectivity index (χ1v) is 10.8. The number of hydrogen-bond acceptors (Lipinski definition) is 2. The number of aromatic nitrogens is 3. The Bertz CT molecular complexity index is 1190. The summed E-state index contributed by atoms with van der Waals surface area (Å²) in [5.41, 5.74) is 7.64. The molecule has 2 aromatic carbocycles. The third-order valence-electron chi connectivity index (χ3n) is 5.78. The van der Waals surface area contributed by atoms with Gasteiger partial charge in [0.1, 0.15) is 5.52 Å². The predicted molar refractivity (Wildman–Crippen MR) is 122 cm³/mol. The molecule has 2 aromatic heterocycles. The zero-order valence-electron chi connectivity index (χ0n) is 17.4. The van der Waals surface area contributed by atoms with Crippen molar-refractivity contribution >= 4 is 49.0 Å². The van der Waals surface area contributed by atoms with Crippen LogP contribution in [-0.4, -0.2) is 46.2 Å². The van der Waals surface area contributed by atoms with Crippen molar-refractivity contribution in [1.82, 2.24) is 14.5 Å². The van der Waals surface area contributed by atoms with Gasteiger partial charge in [-0.1, -0.05) is 22.9 Å². The summed E-state index contributed by atoms with van der Waals surface area (Å²) in [6.07, 6.45) is 1.19. The van der Waals surface area contributed by atoms with Gasteiger partial charge in [-0.05, 0) is 61.7 Å². The Labute approximate surface area is 174 Å². The van der Waals surface area contributed by atoms with Gasteiger partial charge in [0.2, 0.25) is 0 Å². The highest BCUT2D eigenvalue weighted by Crippen LogP contribution is 2.31. The summed E-state index contributed by atoms with van der Waals surface area (Å²) in [5.74, 6) is 0. The normalized spacial score (nSPS) is 12.5. The van der Waals surface area contributed by atoms with Crippen molar-refractivity contribution in [2.45, 2.75) is 33.7 Å². The van der Waals surface area contributed by atoms with Gasteiger partial charge >= 0.3 is 0 Å². The van der Waals surface area contributed by atoms with Crippen LogP contribution in [0, 0.1) is 13.8 Å². The second-order valence-corrected chi connectivity index (χ2v) is 9.43. The van der Waals surface area contributed by atoms with Gasteiger partial charge in [-0.15, -0.1) is 0 Å². The minimum Gasteiger partial charge on any atom is -0.327 e. The molecule has 0 radical (unpaired) electrons. The quantitative estimate of drug-likeness (QED) is 0.378. The molecular weight excluding hydrogens is 412 g/mol. The van der Waals surface area contributed by atoms with Gasteiger partial charge in [-0.25, -0.2) is 9.97 Å². The van der Waals surface area contributed by atoms with Gasteiger partial charge in [0.25, 0.3) is 0 Å². The number of aryl methyl sites for hydroxylation is 2. The lowest BCUT2D eigenvalue weighted by molar-refractivity contribution is -0.890. The zero-order chi connectivity index (χ0) is 20.1. The van der Waals surface area contributed by atoms with E-state index in [1.807, 2.05) is 0 Å². The van der Waals surface area contributed by atoms with Crippen molar-refractivity contribution in [3.63, 3.8) is 0 Å². The summed E-state index contributed by atoms with van der Waals surface area (Å²) < 4.78 is 4.44. The Morgan fingerprint density at radius 3 is 2.32 bits per heavy atom. The fraction of sp³-hybridized carbons (Fsp3) is 0.391. The van der Waals surface area contributed by atoms with Crippen LogP contribution in [0.15, 0.2) is 34.8 Å². The molecule has 0 bridgehead atoms. The molecule has 4 rings (SSSR count). The predicted octanol–water partition coefficient (Wildman–Crippen LogP) is 5.60. The lowest BCUT2D eigenvalue weighted by atomic mass is 10.1. The first-order chi connectivity index (χ1) is 13.3. The molecule has 0 atom stereocenters. The Kier molecular flexibility index (Phi) is 4.92. The largest absolute Gasteiger partial charge is 0.327 e. The summed E-state index contributed by atoms with van der Waals surface area (Å²) >= 11 is 3.63. The molecule has 0 aliphatic rings. The number of fused-ring (bicyclic) bond motifs is 4. The van der Waals surface area contributed by atoms with Crippen LogP contribution in [0.3, 0.4) is 0 Å². The number of rotatable bonds is 5. The van der Waals surface area contributed by atoms with E-state index in [-0.39, 0.29) is 0 Å². The van der Waals surface area contributed by atoms with Crippen LogP contribution in [-0.2, 0) is 6.54 Å². The van der Waals surface area contributed by atoms with Gasteiger partial charge in [0.05, 0.1) is 50.3 Å². The van der Waals surface area contributed by atoms with Crippen LogP contribution in [0.4, 0.5) is 0 Å². The molecule has 4 nitrogen and oxygen atoms in total. The third-order valence-corrected chi connectivity index (χ3v) is 6.27. The number of quaternary nitrogens is 1. The van der Waals surface area contributed by atoms with Crippen LogP contribution in [0.2, 0.25) is 0 Å². The average molecular weight is 440 g/mol. The molecule has 0 aliphatic carbocycles. The summed E-state index contributed by atoms with van der Waals surface area (Å²) in [6.45, 7) is 9.69. The molecule has 0 saturated heterocycles. The van der Waals surface area contributed by atoms with E-state index in [0.717, 1.165) is 49.6 Å². The van der Waals surface area contributed by atoms with Crippen molar-refractivity contribution < 1.29 is 4.48 Å². The van der Waals surface area contributed by atoms with Crippen LogP contribution in [0.5, 0.6) is 0 Å². The minimum absolute atomic E-state index is 0.930. The topological polar surface area (TPSA) is 30.7 Å². The Morgan fingerprint density at radius 1 is 0.964 bits per heavy atom. The van der Waals surface area contributed by atoms with Gasteiger partial charge in [-0.3, -0.25) is 0 Å². The molecule has 0 spiro atoms. The van der Waals surface area contributed by atoms with Gasteiger partial charge in [0, 0.05) is 9.86 Å². The van der Waals surface area contributed by atoms with Crippen LogP contribution in [0.1, 0.15) is 24.5 Å². The lowest BCUT2D eigenvalue weighted by Gasteiger charge is -2.29. The van der Waals surface area contributed by atoms with E-state index in [0.29, 0.717) is 0 Å². The molecule has 28 heavy (non-hydrogen) atoms. The molecule has 0 aliphatic heterocycles. The van der Waals surface area contributed by atoms with Crippen molar-refractivity contribution in [3.05, 3.63) is 45.9 Å². The van der Waals surface area contributed by atoms with E-state index in [4.69, 9.17) is 9.97 Å². The van der Waals surface area contributed by atoms with Gasteiger partial charge < -0.3 is 9.05 Å². The number of benzene rings is 2. The second-order valence-electron chi connectivity index (χ2n) is 8.52. The SMILES string of the molecule is CCC[N+](C)(C)CCn1c2ccc(Br)cc2c2nc3cc(C)c(C)cc3nc21. The van der Waals surface area contributed by atoms with Crippen molar-refractivity contribution in [2.24, 2.45) is 0 Å². The molecule has 0 N–H and O–H groups in total. The number of halogens is 1. The highest BCUT2D eigenvalue weighted by Gasteiger charge is 2.19. The smallest absolute Gasteiger partial charge is 0.160 e. The molecular formula is C23H28BrN4+. The molecule has 5 heteroatoms. The molecule has 0 fully saturated rings. The molecule has 2 heterocycles. The Hall–Kier alpha value is -1.98. The van der Waals surface area contributed by atoms with Crippen LogP contribution < -0.4 is 0 Å². The zero-order valence-corrected chi connectivity index (χ0v) is 19.0. The molecule has 0 saturated carbocycles. The van der Waals surface area contributed by atoms with E-state index in [9.17, 15) is 0 Å². The van der Waals surface area contributed by atoms with Crippen molar-refractivity contribution in [3.8, 4) is 0 Å². The number of likely N-dealkylation sites (N-methyl/N-ethyl adjacent to an activating group) is 1. The maximum absolute atomic E-state index is 5.07. The Morgan fingerprint density at radius 2 is 1.64 bits per heavy atom. The van der Waals surface area contributed by atoms with Crippen LogP contribution in [0.25, 0.3) is 33.1 Å². The third kappa shape index (κ3) is 3.42. The van der Waals surface area contributed by atoms with Crippen molar-refractivity contribution in [1.29, 1.82) is 0 Å². The van der Waals surface area contributed by atoms with E-state index in [1.54, 1.807) is 0 Å². The monoisotopic (exact) mass is 439 g/mol. The fourth-order valence-corrected chi connectivity index (χ4v) is 4.39. The lowest BCUT2D eigenvalue weighted by Crippen LogP contribution is -2.42. The second kappa shape index (κ2) is 7.12. The number of hydrogen-bond donors (Lipinski definition) is 0. The highest BCUT2D eigenvalue weighted by atomic mass is 79.9. The van der Waals surface area contributed by atoms with Crippen molar-refractivity contribution in [2.75, 3.05) is 27.2 Å².